The molecule has 0 amide bonds. The highest BCUT2D eigenvalue weighted by Gasteiger charge is 2.20. The molecule has 0 N–H and O–H groups in total. The number of fused-ring (bicyclic) bond motifs is 1. The van der Waals surface area contributed by atoms with Gasteiger partial charge < -0.3 is 4.42 Å². The molecule has 0 atom stereocenters. The molecular formula is C27H18O2. The Morgan fingerprint density at radius 1 is 0.517 bits per heavy atom. The highest BCUT2D eigenvalue weighted by molar-refractivity contribution is 5.93. The van der Waals surface area contributed by atoms with Crippen LogP contribution in [0.25, 0.3) is 44.5 Å². The first-order valence-corrected chi connectivity index (χ1v) is 9.59. The molecule has 1 aromatic heterocycles. The van der Waals surface area contributed by atoms with Gasteiger partial charge in [0, 0.05) is 5.56 Å². The lowest BCUT2D eigenvalue weighted by Gasteiger charge is -2.14. The van der Waals surface area contributed by atoms with Crippen LogP contribution in [0.5, 0.6) is 0 Å². The van der Waals surface area contributed by atoms with Crippen LogP contribution in [0.2, 0.25) is 0 Å². The van der Waals surface area contributed by atoms with E-state index in [1.807, 2.05) is 91.0 Å². The van der Waals surface area contributed by atoms with Crippen LogP contribution in [0.15, 0.2) is 118 Å². The summed E-state index contributed by atoms with van der Waals surface area (Å²) in [5, 5.41) is 0.590. The van der Waals surface area contributed by atoms with Gasteiger partial charge in [-0.15, -0.1) is 0 Å². The molecule has 0 saturated carbocycles. The molecule has 4 aromatic carbocycles. The minimum atomic E-state index is -0.0177. The molecule has 5 rings (SSSR count). The number of rotatable bonds is 3. The summed E-state index contributed by atoms with van der Waals surface area (Å²) in [6, 6.07) is 35.4. The maximum Gasteiger partial charge on any atom is 0.201 e. The Morgan fingerprint density at radius 2 is 1.07 bits per heavy atom. The average Bonchev–Trinajstić information content (AvgIpc) is 2.80. The fourth-order valence-corrected chi connectivity index (χ4v) is 3.75. The quantitative estimate of drug-likeness (QED) is 0.348. The Labute approximate surface area is 168 Å². The first-order valence-electron chi connectivity index (χ1n) is 9.59. The van der Waals surface area contributed by atoms with Crippen LogP contribution in [0.4, 0.5) is 0 Å². The maximum absolute atomic E-state index is 13.5. The Morgan fingerprint density at radius 3 is 1.79 bits per heavy atom. The zero-order valence-corrected chi connectivity index (χ0v) is 15.7. The second-order valence-corrected chi connectivity index (χ2v) is 6.91. The van der Waals surface area contributed by atoms with E-state index in [1.165, 1.54) is 0 Å². The summed E-state index contributed by atoms with van der Waals surface area (Å²) < 4.78 is 6.38. The lowest BCUT2D eigenvalue weighted by molar-refractivity contribution is 0.621. The molecule has 2 heteroatoms. The molecule has 0 spiro atoms. The molecule has 1 heterocycles. The number of benzene rings is 4. The molecule has 0 saturated heterocycles. The molecule has 0 radical (unpaired) electrons. The number of hydrogen-bond acceptors (Lipinski definition) is 2. The number of para-hydroxylation sites is 1. The second kappa shape index (κ2) is 7.25. The first-order chi connectivity index (χ1) is 14.3. The van der Waals surface area contributed by atoms with E-state index < -0.39 is 0 Å². The molecule has 0 unspecified atom stereocenters. The third-order valence-electron chi connectivity index (χ3n) is 5.12. The van der Waals surface area contributed by atoms with Crippen molar-refractivity contribution in [3.8, 4) is 33.6 Å². The van der Waals surface area contributed by atoms with Crippen LogP contribution in [0, 0.1) is 0 Å². The smallest absolute Gasteiger partial charge is 0.201 e. The van der Waals surface area contributed by atoms with Crippen LogP contribution in [-0.4, -0.2) is 0 Å². The van der Waals surface area contributed by atoms with Crippen molar-refractivity contribution in [1.82, 2.24) is 0 Å². The van der Waals surface area contributed by atoms with Crippen molar-refractivity contribution in [2.24, 2.45) is 0 Å². The van der Waals surface area contributed by atoms with Crippen LogP contribution < -0.4 is 5.43 Å². The predicted octanol–water partition coefficient (Wildman–Crippen LogP) is 6.79. The lowest BCUT2D eigenvalue weighted by atomic mass is 9.93. The third kappa shape index (κ3) is 3.05. The second-order valence-electron chi connectivity index (χ2n) is 6.91. The molecule has 2 nitrogen and oxygen atoms in total. The topological polar surface area (TPSA) is 30.2 Å². The summed E-state index contributed by atoms with van der Waals surface area (Å²) >= 11 is 0. The fourth-order valence-electron chi connectivity index (χ4n) is 3.75. The minimum Gasteiger partial charge on any atom is -0.455 e. The van der Waals surface area contributed by atoms with E-state index in [9.17, 15) is 4.79 Å². The summed E-state index contributed by atoms with van der Waals surface area (Å²) in [4.78, 5) is 13.5. The van der Waals surface area contributed by atoms with Gasteiger partial charge in [0.25, 0.3) is 0 Å². The van der Waals surface area contributed by atoms with Crippen LogP contribution in [0.3, 0.4) is 0 Å². The Hall–Kier alpha value is -3.91. The van der Waals surface area contributed by atoms with Crippen molar-refractivity contribution < 1.29 is 4.42 Å². The van der Waals surface area contributed by atoms with Crippen molar-refractivity contribution in [3.05, 3.63) is 119 Å². The van der Waals surface area contributed by atoms with Gasteiger partial charge in [-0.3, -0.25) is 4.79 Å². The lowest BCUT2D eigenvalue weighted by Crippen LogP contribution is -2.07. The van der Waals surface area contributed by atoms with Crippen LogP contribution >= 0.6 is 0 Å². The van der Waals surface area contributed by atoms with Gasteiger partial charge in [-0.25, -0.2) is 0 Å². The van der Waals surface area contributed by atoms with Gasteiger partial charge in [-0.2, -0.15) is 0 Å². The summed E-state index contributed by atoms with van der Waals surface area (Å²) in [7, 11) is 0. The van der Waals surface area contributed by atoms with Gasteiger partial charge in [0.1, 0.15) is 11.3 Å². The Bertz CT molecular complexity index is 1350. The van der Waals surface area contributed by atoms with Crippen molar-refractivity contribution in [2.75, 3.05) is 0 Å². The highest BCUT2D eigenvalue weighted by atomic mass is 16.3. The third-order valence-corrected chi connectivity index (χ3v) is 5.12. The van der Waals surface area contributed by atoms with Crippen molar-refractivity contribution in [3.63, 3.8) is 0 Å². The van der Waals surface area contributed by atoms with E-state index in [1.54, 1.807) is 0 Å². The first kappa shape index (κ1) is 17.2. The molecule has 0 aliphatic carbocycles. The fraction of sp³-hybridized carbons (Fsp3) is 0. The minimum absolute atomic E-state index is 0.0177. The molecule has 29 heavy (non-hydrogen) atoms. The molecule has 0 fully saturated rings. The normalized spacial score (nSPS) is 10.9. The van der Waals surface area contributed by atoms with Gasteiger partial charge in [-0.1, -0.05) is 97.1 Å². The molecule has 5 aromatic rings. The molecule has 138 valence electrons. The van der Waals surface area contributed by atoms with E-state index in [0.29, 0.717) is 22.3 Å². The number of hydrogen-bond donors (Lipinski definition) is 0. The SMILES string of the molecule is O=c1c(-c2ccccc2)c(-c2ccccc2-c2ccccc2)oc2ccccc12. The van der Waals surface area contributed by atoms with Gasteiger partial charge in [0.15, 0.2) is 0 Å². The molecule has 0 aliphatic rings. The van der Waals surface area contributed by atoms with Gasteiger partial charge in [-0.05, 0) is 28.8 Å². The summed E-state index contributed by atoms with van der Waals surface area (Å²) in [5.41, 5.74) is 5.03. The van der Waals surface area contributed by atoms with E-state index in [-0.39, 0.29) is 5.43 Å². The molecular weight excluding hydrogens is 356 g/mol. The van der Waals surface area contributed by atoms with E-state index in [0.717, 1.165) is 22.3 Å². The van der Waals surface area contributed by atoms with Crippen molar-refractivity contribution in [1.29, 1.82) is 0 Å². The molecule has 0 bridgehead atoms. The van der Waals surface area contributed by atoms with E-state index >= 15 is 0 Å². The average molecular weight is 374 g/mol. The van der Waals surface area contributed by atoms with Gasteiger partial charge in [0.2, 0.25) is 5.43 Å². The molecule has 0 aliphatic heterocycles. The van der Waals surface area contributed by atoms with Gasteiger partial charge >= 0.3 is 0 Å². The van der Waals surface area contributed by atoms with Crippen LogP contribution in [-0.2, 0) is 0 Å². The maximum atomic E-state index is 13.5. The predicted molar refractivity (Wildman–Crippen MR) is 119 cm³/mol. The van der Waals surface area contributed by atoms with Crippen molar-refractivity contribution >= 4 is 11.0 Å². The highest BCUT2D eigenvalue weighted by Crippen LogP contribution is 2.38. The van der Waals surface area contributed by atoms with Gasteiger partial charge in [0.05, 0.1) is 10.9 Å². The standard InChI is InChI=1S/C27H18O2/c28-26-23-17-9-10-18-24(23)29-27(25(26)20-13-5-2-6-14-20)22-16-8-7-15-21(22)19-11-3-1-4-12-19/h1-18H. The summed E-state index contributed by atoms with van der Waals surface area (Å²) in [6.45, 7) is 0. The Kier molecular flexibility index (Phi) is 4.30. The van der Waals surface area contributed by atoms with E-state index in [2.05, 4.69) is 18.2 Å². The monoisotopic (exact) mass is 374 g/mol. The van der Waals surface area contributed by atoms with Crippen molar-refractivity contribution in [2.45, 2.75) is 0 Å². The van der Waals surface area contributed by atoms with E-state index in [4.69, 9.17) is 4.42 Å². The summed E-state index contributed by atoms with van der Waals surface area (Å²) in [6.07, 6.45) is 0. The van der Waals surface area contributed by atoms with Crippen LogP contribution in [0.1, 0.15) is 0 Å². The Balaban J connectivity index is 1.89. The zero-order valence-electron chi connectivity index (χ0n) is 15.7. The summed E-state index contributed by atoms with van der Waals surface area (Å²) in [5.74, 6) is 0.597. The largest absolute Gasteiger partial charge is 0.455 e. The zero-order chi connectivity index (χ0) is 19.6.